The molecule has 6 heteroatoms. The number of hydrogen-bond acceptors (Lipinski definition) is 3. The summed E-state index contributed by atoms with van der Waals surface area (Å²) in [6.07, 6.45) is 0. The summed E-state index contributed by atoms with van der Waals surface area (Å²) in [6.45, 7) is 5.86. The zero-order chi connectivity index (χ0) is 14.9. The lowest BCUT2D eigenvalue weighted by Crippen LogP contribution is -2.51. The van der Waals surface area contributed by atoms with Gasteiger partial charge in [0.15, 0.2) is 0 Å². The lowest BCUT2D eigenvalue weighted by molar-refractivity contribution is 0.147. The molecule has 0 aromatic heterocycles. The van der Waals surface area contributed by atoms with Crippen molar-refractivity contribution in [3.8, 4) is 0 Å². The summed E-state index contributed by atoms with van der Waals surface area (Å²) in [5.74, 6) is 0.407. The van der Waals surface area contributed by atoms with E-state index in [9.17, 15) is 8.42 Å². The zero-order valence-corrected chi connectivity index (χ0v) is 13.1. The summed E-state index contributed by atoms with van der Waals surface area (Å²) in [6, 6.07) is 8.29. The standard InChI is InChI=1S/C14H23N3O2S/c1-11(2)12-6-4-5-7-13(12)14-10-17(20(15,18)19)9-8-16(14)3/h4-7,11,14H,8-10H2,1-3H3,(H2,15,18,19). The highest BCUT2D eigenvalue weighted by Crippen LogP contribution is 2.30. The fourth-order valence-electron chi connectivity index (χ4n) is 2.76. The predicted octanol–water partition coefficient (Wildman–Crippen LogP) is 1.30. The molecule has 1 aliphatic rings. The molecule has 20 heavy (non-hydrogen) atoms. The molecule has 1 aliphatic heterocycles. The third-order valence-corrected chi connectivity index (χ3v) is 5.00. The van der Waals surface area contributed by atoms with Gasteiger partial charge < -0.3 is 0 Å². The molecule has 0 aliphatic carbocycles. The van der Waals surface area contributed by atoms with Crippen molar-refractivity contribution in [2.45, 2.75) is 25.8 Å². The highest BCUT2D eigenvalue weighted by molar-refractivity contribution is 7.86. The Kier molecular flexibility index (Phi) is 4.49. The van der Waals surface area contributed by atoms with Crippen LogP contribution in [0.3, 0.4) is 0 Å². The first-order valence-electron chi connectivity index (χ1n) is 6.87. The van der Waals surface area contributed by atoms with E-state index >= 15 is 0 Å². The van der Waals surface area contributed by atoms with Crippen molar-refractivity contribution < 1.29 is 8.42 Å². The van der Waals surface area contributed by atoms with Crippen molar-refractivity contribution in [3.05, 3.63) is 35.4 Å². The maximum atomic E-state index is 11.6. The van der Waals surface area contributed by atoms with E-state index < -0.39 is 10.2 Å². The first-order chi connectivity index (χ1) is 9.30. The van der Waals surface area contributed by atoms with Crippen molar-refractivity contribution in [2.75, 3.05) is 26.7 Å². The molecule has 0 saturated carbocycles. The van der Waals surface area contributed by atoms with Crippen molar-refractivity contribution in [3.63, 3.8) is 0 Å². The lowest BCUT2D eigenvalue weighted by Gasteiger charge is -2.39. The van der Waals surface area contributed by atoms with Crippen LogP contribution in [-0.4, -0.2) is 44.3 Å². The van der Waals surface area contributed by atoms with Crippen LogP contribution in [0.4, 0.5) is 0 Å². The van der Waals surface area contributed by atoms with Gasteiger partial charge >= 0.3 is 0 Å². The van der Waals surface area contributed by atoms with Gasteiger partial charge in [0.05, 0.1) is 0 Å². The highest BCUT2D eigenvalue weighted by Gasteiger charge is 2.31. The summed E-state index contributed by atoms with van der Waals surface area (Å²) in [5, 5.41) is 5.27. The minimum atomic E-state index is -3.62. The van der Waals surface area contributed by atoms with E-state index in [0.29, 0.717) is 25.6 Å². The Bertz CT molecular complexity index is 572. The van der Waals surface area contributed by atoms with Gasteiger partial charge in [-0.2, -0.15) is 12.7 Å². The van der Waals surface area contributed by atoms with Crippen LogP contribution in [0, 0.1) is 0 Å². The van der Waals surface area contributed by atoms with Gasteiger partial charge in [0, 0.05) is 25.7 Å². The predicted molar refractivity (Wildman–Crippen MR) is 80.6 cm³/mol. The van der Waals surface area contributed by atoms with Crippen LogP contribution in [-0.2, 0) is 10.2 Å². The van der Waals surface area contributed by atoms with Crippen LogP contribution in [0.1, 0.15) is 36.9 Å². The Balaban J connectivity index is 2.35. The largest absolute Gasteiger partial charge is 0.297 e. The average Bonchev–Trinajstić information content (AvgIpc) is 2.38. The Morgan fingerprint density at radius 3 is 2.50 bits per heavy atom. The molecule has 0 radical (unpaired) electrons. The Morgan fingerprint density at radius 1 is 1.25 bits per heavy atom. The van der Waals surface area contributed by atoms with E-state index in [4.69, 9.17) is 5.14 Å². The molecule has 1 atom stereocenters. The molecule has 5 nitrogen and oxygen atoms in total. The molecule has 2 N–H and O–H groups in total. The van der Waals surface area contributed by atoms with Gasteiger partial charge in [0.25, 0.3) is 10.2 Å². The van der Waals surface area contributed by atoms with Crippen LogP contribution >= 0.6 is 0 Å². The van der Waals surface area contributed by atoms with Gasteiger partial charge in [-0.15, -0.1) is 0 Å². The second-order valence-electron chi connectivity index (χ2n) is 5.68. The topological polar surface area (TPSA) is 66.6 Å². The number of likely N-dealkylation sites (N-methyl/N-ethyl adjacent to an activating group) is 1. The van der Waals surface area contributed by atoms with Gasteiger partial charge in [0.1, 0.15) is 0 Å². The second kappa shape index (κ2) is 5.81. The van der Waals surface area contributed by atoms with Gasteiger partial charge in [-0.1, -0.05) is 38.1 Å². The quantitative estimate of drug-likeness (QED) is 0.914. The van der Waals surface area contributed by atoms with E-state index in [1.807, 2.05) is 19.2 Å². The van der Waals surface area contributed by atoms with Crippen LogP contribution in [0.15, 0.2) is 24.3 Å². The van der Waals surface area contributed by atoms with Gasteiger partial charge in [-0.05, 0) is 24.1 Å². The summed E-state index contributed by atoms with van der Waals surface area (Å²) < 4.78 is 24.5. The van der Waals surface area contributed by atoms with Crippen LogP contribution < -0.4 is 5.14 Å². The Labute approximate surface area is 121 Å². The first kappa shape index (κ1) is 15.4. The van der Waals surface area contributed by atoms with Crippen molar-refractivity contribution in [1.29, 1.82) is 0 Å². The van der Waals surface area contributed by atoms with E-state index in [0.717, 1.165) is 0 Å². The molecular formula is C14H23N3O2S. The molecule has 1 aromatic carbocycles. The van der Waals surface area contributed by atoms with Gasteiger partial charge in [-0.3, -0.25) is 4.90 Å². The van der Waals surface area contributed by atoms with E-state index in [2.05, 4.69) is 30.9 Å². The molecule has 0 bridgehead atoms. The van der Waals surface area contributed by atoms with Crippen molar-refractivity contribution in [2.24, 2.45) is 5.14 Å². The normalized spacial score (nSPS) is 22.4. The highest BCUT2D eigenvalue weighted by atomic mass is 32.2. The minimum absolute atomic E-state index is 0.0562. The zero-order valence-electron chi connectivity index (χ0n) is 12.3. The minimum Gasteiger partial charge on any atom is -0.297 e. The molecule has 1 aromatic rings. The molecule has 112 valence electrons. The molecule has 1 fully saturated rings. The molecule has 1 unspecified atom stereocenters. The number of nitrogens with zero attached hydrogens (tertiary/aromatic N) is 2. The number of rotatable bonds is 3. The number of benzene rings is 1. The van der Waals surface area contributed by atoms with Crippen LogP contribution in [0.5, 0.6) is 0 Å². The summed E-state index contributed by atoms with van der Waals surface area (Å²) in [4.78, 5) is 2.20. The van der Waals surface area contributed by atoms with E-state index in [-0.39, 0.29) is 6.04 Å². The fourth-order valence-corrected chi connectivity index (χ4v) is 3.44. The SMILES string of the molecule is CC(C)c1ccccc1C1CN(S(N)(=O)=O)CCN1C. The summed E-state index contributed by atoms with van der Waals surface area (Å²) in [5.41, 5.74) is 2.46. The lowest BCUT2D eigenvalue weighted by atomic mass is 9.91. The molecule has 0 amide bonds. The maximum absolute atomic E-state index is 11.6. The monoisotopic (exact) mass is 297 g/mol. The third kappa shape index (κ3) is 3.20. The number of hydrogen-bond donors (Lipinski definition) is 1. The number of piperazine rings is 1. The smallest absolute Gasteiger partial charge is 0.277 e. The maximum Gasteiger partial charge on any atom is 0.277 e. The first-order valence-corrected chi connectivity index (χ1v) is 8.38. The molecular weight excluding hydrogens is 274 g/mol. The average molecular weight is 297 g/mol. The van der Waals surface area contributed by atoms with E-state index in [1.54, 1.807) is 0 Å². The summed E-state index contributed by atoms with van der Waals surface area (Å²) in [7, 11) is -1.59. The third-order valence-electron chi connectivity index (χ3n) is 3.95. The number of nitrogens with two attached hydrogens (primary N) is 1. The molecule has 0 spiro atoms. The molecule has 1 heterocycles. The Morgan fingerprint density at radius 2 is 1.90 bits per heavy atom. The van der Waals surface area contributed by atoms with E-state index in [1.165, 1.54) is 15.4 Å². The van der Waals surface area contributed by atoms with Crippen molar-refractivity contribution >= 4 is 10.2 Å². The van der Waals surface area contributed by atoms with Gasteiger partial charge in [0.2, 0.25) is 0 Å². The van der Waals surface area contributed by atoms with Gasteiger partial charge in [-0.25, -0.2) is 5.14 Å². The Hall–Kier alpha value is -0.950. The van der Waals surface area contributed by atoms with Crippen LogP contribution in [0.2, 0.25) is 0 Å². The van der Waals surface area contributed by atoms with Crippen molar-refractivity contribution in [1.82, 2.24) is 9.21 Å². The van der Waals surface area contributed by atoms with Crippen LogP contribution in [0.25, 0.3) is 0 Å². The molecule has 1 saturated heterocycles. The molecule has 2 rings (SSSR count). The second-order valence-corrected chi connectivity index (χ2v) is 7.23. The summed E-state index contributed by atoms with van der Waals surface area (Å²) >= 11 is 0. The fraction of sp³-hybridized carbons (Fsp3) is 0.571.